The summed E-state index contributed by atoms with van der Waals surface area (Å²) in [6, 6.07) is 0. The van der Waals surface area contributed by atoms with Crippen LogP contribution in [0.2, 0.25) is 0 Å². The number of hydrogen-bond acceptors (Lipinski definition) is 1. The Morgan fingerprint density at radius 1 is 1.71 bits per heavy atom. The van der Waals surface area contributed by atoms with Crippen molar-refractivity contribution < 1.29 is 13.7 Å². The molecular weight excluding hydrogens is 104 g/mol. The van der Waals surface area contributed by atoms with E-state index < -0.39 is 11.7 Å². The van der Waals surface area contributed by atoms with Crippen LogP contribution in [0.3, 0.4) is 0 Å². The van der Waals surface area contributed by atoms with E-state index in [1.54, 1.807) is 0 Å². The normalized spacial score (nSPS) is 18.9. The molecule has 0 radical (unpaired) electrons. The first-order chi connectivity index (χ1) is 3.22. The average molecular weight is 105 g/mol. The molecule has 0 saturated heterocycles. The molecular formula is C3HF2NO. The quantitative estimate of drug-likeness (QED) is 0.411. The molecule has 0 spiro atoms. The van der Waals surface area contributed by atoms with E-state index >= 15 is 0 Å². The van der Waals surface area contributed by atoms with Crippen LogP contribution < -0.4 is 0 Å². The molecule has 1 heterocycles. The molecule has 1 aliphatic heterocycles. The molecule has 4 heteroatoms. The van der Waals surface area contributed by atoms with Gasteiger partial charge in [0.1, 0.15) is 0 Å². The molecule has 0 unspecified atom stereocenters. The SMILES string of the molecule is O=C1C(F)=CN1F. The largest absolute Gasteiger partial charge is 0.316 e. The fraction of sp³-hybridized carbons (Fsp3) is 0. The van der Waals surface area contributed by atoms with E-state index in [-0.39, 0.29) is 5.12 Å². The molecule has 0 aliphatic carbocycles. The van der Waals surface area contributed by atoms with Crippen molar-refractivity contribution in [2.75, 3.05) is 0 Å². The lowest BCUT2D eigenvalue weighted by Gasteiger charge is -2.11. The van der Waals surface area contributed by atoms with Crippen molar-refractivity contribution >= 4 is 5.91 Å². The summed E-state index contributed by atoms with van der Waals surface area (Å²) in [5, 5.41) is -0.310. The maximum Gasteiger partial charge on any atom is 0.316 e. The highest BCUT2D eigenvalue weighted by Gasteiger charge is 2.27. The van der Waals surface area contributed by atoms with Gasteiger partial charge < -0.3 is 0 Å². The summed E-state index contributed by atoms with van der Waals surface area (Å²) in [5.74, 6) is -2.22. The van der Waals surface area contributed by atoms with Gasteiger partial charge in [0.15, 0.2) is 0 Å². The number of rotatable bonds is 0. The molecule has 7 heavy (non-hydrogen) atoms. The first-order valence-electron chi connectivity index (χ1n) is 1.58. The molecule has 38 valence electrons. The lowest BCUT2D eigenvalue weighted by atomic mass is 10.4. The Labute approximate surface area is 38.0 Å². The highest BCUT2D eigenvalue weighted by molar-refractivity contribution is 5.96. The lowest BCUT2D eigenvalue weighted by Crippen LogP contribution is -2.26. The van der Waals surface area contributed by atoms with Gasteiger partial charge >= 0.3 is 5.91 Å². The third-order valence-electron chi connectivity index (χ3n) is 0.625. The zero-order chi connectivity index (χ0) is 5.44. The fourth-order valence-electron chi connectivity index (χ4n) is 0.249. The molecule has 1 amide bonds. The summed E-state index contributed by atoms with van der Waals surface area (Å²) in [6.45, 7) is 0. The molecule has 0 saturated carbocycles. The van der Waals surface area contributed by atoms with E-state index in [0.29, 0.717) is 6.20 Å². The molecule has 1 rings (SSSR count). The fourth-order valence-corrected chi connectivity index (χ4v) is 0.249. The minimum absolute atomic E-state index is 0.310. The van der Waals surface area contributed by atoms with Gasteiger partial charge in [0.25, 0.3) is 0 Å². The highest BCUT2D eigenvalue weighted by atomic mass is 19.2. The second-order valence-corrected chi connectivity index (χ2v) is 1.09. The van der Waals surface area contributed by atoms with Crippen molar-refractivity contribution in [1.29, 1.82) is 0 Å². The predicted octanol–water partition coefficient (Wildman–Crippen LogP) is 0.524. The van der Waals surface area contributed by atoms with Gasteiger partial charge in [-0.05, 0) is 0 Å². The van der Waals surface area contributed by atoms with Crippen LogP contribution in [0.5, 0.6) is 0 Å². The van der Waals surface area contributed by atoms with Crippen LogP contribution in [-0.4, -0.2) is 11.0 Å². The first-order valence-corrected chi connectivity index (χ1v) is 1.58. The van der Waals surface area contributed by atoms with E-state index in [2.05, 4.69) is 0 Å². The van der Waals surface area contributed by atoms with Crippen molar-refractivity contribution in [3.63, 3.8) is 0 Å². The van der Waals surface area contributed by atoms with Gasteiger partial charge in [0.05, 0.1) is 6.20 Å². The second kappa shape index (κ2) is 1.02. The van der Waals surface area contributed by atoms with Gasteiger partial charge in [-0.2, -0.15) is 4.39 Å². The van der Waals surface area contributed by atoms with Crippen LogP contribution in [0.4, 0.5) is 8.87 Å². The number of halogens is 2. The Morgan fingerprint density at radius 2 is 2.29 bits per heavy atom. The molecule has 2 nitrogen and oxygen atoms in total. The van der Waals surface area contributed by atoms with Crippen molar-refractivity contribution in [1.82, 2.24) is 5.12 Å². The van der Waals surface area contributed by atoms with Crippen LogP contribution in [0.1, 0.15) is 0 Å². The van der Waals surface area contributed by atoms with Crippen molar-refractivity contribution in [2.45, 2.75) is 0 Å². The molecule has 0 atom stereocenters. The van der Waals surface area contributed by atoms with Gasteiger partial charge in [-0.1, -0.05) is 4.48 Å². The van der Waals surface area contributed by atoms with E-state index in [1.165, 1.54) is 0 Å². The monoisotopic (exact) mass is 105 g/mol. The lowest BCUT2D eigenvalue weighted by molar-refractivity contribution is -0.143. The number of carbonyl (C=O) groups is 1. The van der Waals surface area contributed by atoms with Gasteiger partial charge in [-0.25, -0.2) is 0 Å². The average Bonchev–Trinajstić information content (AvgIpc) is 1.68. The number of hydrogen-bond donors (Lipinski definition) is 0. The molecule has 0 fully saturated rings. The minimum Gasteiger partial charge on any atom is -0.263 e. The smallest absolute Gasteiger partial charge is 0.263 e. The van der Waals surface area contributed by atoms with Crippen LogP contribution in [-0.2, 0) is 4.79 Å². The molecule has 0 aromatic carbocycles. The second-order valence-electron chi connectivity index (χ2n) is 1.09. The van der Waals surface area contributed by atoms with Gasteiger partial charge in [-0.3, -0.25) is 4.79 Å². The van der Waals surface area contributed by atoms with Crippen molar-refractivity contribution in [3.05, 3.63) is 12.0 Å². The molecule has 0 aromatic heterocycles. The summed E-state index contributed by atoms with van der Waals surface area (Å²) in [7, 11) is 0. The summed E-state index contributed by atoms with van der Waals surface area (Å²) < 4.78 is 22.7. The molecule has 0 bridgehead atoms. The Kier molecular flexibility index (Phi) is 0.618. The van der Waals surface area contributed by atoms with E-state index in [1.807, 2.05) is 0 Å². The van der Waals surface area contributed by atoms with Crippen molar-refractivity contribution in [3.8, 4) is 0 Å². The number of nitrogens with zero attached hydrogens (tertiary/aromatic N) is 1. The molecule has 1 aliphatic rings. The van der Waals surface area contributed by atoms with Crippen LogP contribution in [0.15, 0.2) is 12.0 Å². The summed E-state index contributed by atoms with van der Waals surface area (Å²) >= 11 is 0. The van der Waals surface area contributed by atoms with Crippen LogP contribution in [0, 0.1) is 0 Å². The van der Waals surface area contributed by atoms with Crippen LogP contribution in [0.25, 0.3) is 0 Å². The Bertz CT molecular complexity index is 142. The molecule has 0 N–H and O–H groups in total. The number of amides is 1. The van der Waals surface area contributed by atoms with E-state index in [9.17, 15) is 13.7 Å². The van der Waals surface area contributed by atoms with Crippen molar-refractivity contribution in [2.24, 2.45) is 0 Å². The maximum atomic E-state index is 11.4. The van der Waals surface area contributed by atoms with Crippen LogP contribution >= 0.6 is 0 Å². The zero-order valence-electron chi connectivity index (χ0n) is 3.19. The number of carbonyl (C=O) groups excluding carboxylic acids is 1. The third-order valence-corrected chi connectivity index (χ3v) is 0.625. The van der Waals surface area contributed by atoms with Gasteiger partial charge in [0.2, 0.25) is 5.83 Å². The Balaban J connectivity index is 2.75. The minimum atomic E-state index is -1.19. The Morgan fingerprint density at radius 3 is 2.29 bits per heavy atom. The van der Waals surface area contributed by atoms with E-state index in [0.717, 1.165) is 0 Å². The topological polar surface area (TPSA) is 20.3 Å². The van der Waals surface area contributed by atoms with Gasteiger partial charge in [0, 0.05) is 0 Å². The highest BCUT2D eigenvalue weighted by Crippen LogP contribution is 2.15. The maximum absolute atomic E-state index is 11.4. The summed E-state index contributed by atoms with van der Waals surface area (Å²) in [6.07, 6.45) is 0.475. The summed E-state index contributed by atoms with van der Waals surface area (Å²) in [4.78, 5) is 9.67. The van der Waals surface area contributed by atoms with E-state index in [4.69, 9.17) is 0 Å². The third kappa shape index (κ3) is 0.390. The van der Waals surface area contributed by atoms with Gasteiger partial charge in [-0.15, -0.1) is 5.12 Å². The zero-order valence-corrected chi connectivity index (χ0v) is 3.19. The summed E-state index contributed by atoms with van der Waals surface area (Å²) in [5.41, 5.74) is 0. The molecule has 0 aromatic rings. The standard InChI is InChI=1S/C3HF2NO/c4-2-1-6(5)3(2)7/h1H. The Hall–Kier alpha value is -0.930. The first kappa shape index (κ1) is 4.23. The predicted molar refractivity (Wildman–Crippen MR) is 17.1 cm³/mol.